The normalized spacial score (nSPS) is 15.7. The van der Waals surface area contributed by atoms with Gasteiger partial charge in [-0.3, -0.25) is 13.8 Å². The van der Waals surface area contributed by atoms with Crippen LogP contribution in [0.15, 0.2) is 47.1 Å². The van der Waals surface area contributed by atoms with Gasteiger partial charge in [-0.15, -0.1) is 0 Å². The molecule has 1 aliphatic rings. The zero-order chi connectivity index (χ0) is 18.5. The number of piperazine rings is 1. The molecule has 138 valence electrons. The number of halogens is 1. The van der Waals surface area contributed by atoms with Gasteiger partial charge in [0.1, 0.15) is 11.6 Å². The Kier molecular flexibility index (Phi) is 5.82. The van der Waals surface area contributed by atoms with Crippen LogP contribution < -0.4 is 0 Å². The topological polar surface area (TPSA) is 70.8 Å². The number of carbonyl (C=O) groups is 2. The van der Waals surface area contributed by atoms with E-state index < -0.39 is 16.6 Å². The van der Waals surface area contributed by atoms with E-state index in [0.29, 0.717) is 31.7 Å². The molecule has 2 aromatic rings. The van der Waals surface area contributed by atoms with Gasteiger partial charge in [-0.2, -0.15) is 0 Å². The van der Waals surface area contributed by atoms with E-state index in [-0.39, 0.29) is 29.1 Å². The summed E-state index contributed by atoms with van der Waals surface area (Å²) in [6.45, 7) is 1.54. The monoisotopic (exact) mass is 378 g/mol. The van der Waals surface area contributed by atoms with Crippen LogP contribution in [0, 0.1) is 5.82 Å². The number of benzene rings is 1. The maximum Gasteiger partial charge on any atom is 0.289 e. The van der Waals surface area contributed by atoms with Gasteiger partial charge >= 0.3 is 0 Å². The number of nitrogens with zero attached hydrogens (tertiary/aromatic N) is 2. The first-order valence-corrected chi connectivity index (χ1v) is 9.72. The second kappa shape index (κ2) is 8.27. The van der Waals surface area contributed by atoms with Gasteiger partial charge in [0.05, 0.1) is 12.0 Å². The Bertz CT molecular complexity index is 801. The van der Waals surface area contributed by atoms with E-state index in [1.807, 2.05) is 0 Å². The lowest BCUT2D eigenvalue weighted by Crippen LogP contribution is -2.51. The van der Waals surface area contributed by atoms with Crippen LogP contribution in [0.4, 0.5) is 4.39 Å². The van der Waals surface area contributed by atoms with E-state index in [1.54, 1.807) is 40.1 Å². The highest BCUT2D eigenvalue weighted by atomic mass is 32.2. The molecule has 26 heavy (non-hydrogen) atoms. The van der Waals surface area contributed by atoms with Gasteiger partial charge in [-0.25, -0.2) is 4.39 Å². The minimum absolute atomic E-state index is 0.00928. The molecule has 2 amide bonds. The quantitative estimate of drug-likeness (QED) is 0.793. The smallest absolute Gasteiger partial charge is 0.289 e. The van der Waals surface area contributed by atoms with Gasteiger partial charge in [0, 0.05) is 42.5 Å². The molecule has 1 aliphatic heterocycles. The van der Waals surface area contributed by atoms with Crippen LogP contribution in [0.1, 0.15) is 16.1 Å². The largest absolute Gasteiger partial charge is 0.459 e. The molecule has 0 N–H and O–H groups in total. The third-order valence-electron chi connectivity index (χ3n) is 4.21. The lowest BCUT2D eigenvalue weighted by molar-refractivity contribution is -0.129. The fourth-order valence-electron chi connectivity index (χ4n) is 2.78. The standard InChI is InChI=1S/C18H19FN2O4S/c19-15-5-2-1-4-14(15)12-26(24)13-17(22)20-7-9-21(10-8-20)18(23)16-6-3-11-25-16/h1-6,11H,7-10,12-13H2/t26-/m1/s1. The summed E-state index contributed by atoms with van der Waals surface area (Å²) in [6.07, 6.45) is 1.44. The van der Waals surface area contributed by atoms with Crippen molar-refractivity contribution < 1.29 is 22.6 Å². The average Bonchev–Trinajstić information content (AvgIpc) is 3.18. The molecule has 3 rings (SSSR count). The van der Waals surface area contributed by atoms with Crippen molar-refractivity contribution in [2.75, 3.05) is 31.9 Å². The van der Waals surface area contributed by atoms with E-state index in [9.17, 15) is 18.2 Å². The third-order valence-corrected chi connectivity index (χ3v) is 5.41. The van der Waals surface area contributed by atoms with Crippen molar-refractivity contribution in [2.24, 2.45) is 0 Å². The zero-order valence-corrected chi connectivity index (χ0v) is 14.9. The Morgan fingerprint density at radius 1 is 1.04 bits per heavy atom. The van der Waals surface area contributed by atoms with Crippen molar-refractivity contribution in [1.29, 1.82) is 0 Å². The van der Waals surface area contributed by atoms with E-state index in [0.717, 1.165) is 0 Å². The first kappa shape index (κ1) is 18.3. The molecule has 1 saturated heterocycles. The van der Waals surface area contributed by atoms with Gasteiger partial charge in [0.15, 0.2) is 5.76 Å². The Balaban J connectivity index is 1.48. The number of rotatable bonds is 5. The lowest BCUT2D eigenvalue weighted by atomic mass is 10.2. The summed E-state index contributed by atoms with van der Waals surface area (Å²) < 4.78 is 30.9. The zero-order valence-electron chi connectivity index (χ0n) is 14.1. The van der Waals surface area contributed by atoms with Crippen molar-refractivity contribution >= 4 is 22.6 Å². The van der Waals surface area contributed by atoms with Gasteiger partial charge in [0.2, 0.25) is 5.91 Å². The number of hydrogen-bond acceptors (Lipinski definition) is 4. The van der Waals surface area contributed by atoms with Crippen molar-refractivity contribution in [2.45, 2.75) is 5.75 Å². The number of furan rings is 1. The van der Waals surface area contributed by atoms with Crippen molar-refractivity contribution in [3.63, 3.8) is 0 Å². The van der Waals surface area contributed by atoms with E-state index in [2.05, 4.69) is 0 Å². The maximum atomic E-state index is 13.6. The first-order valence-electron chi connectivity index (χ1n) is 8.23. The summed E-state index contributed by atoms with van der Waals surface area (Å²) in [7, 11) is -1.48. The molecule has 0 aliphatic carbocycles. The van der Waals surface area contributed by atoms with Crippen molar-refractivity contribution in [1.82, 2.24) is 9.80 Å². The molecule has 0 saturated carbocycles. The van der Waals surface area contributed by atoms with Crippen LogP contribution in [-0.2, 0) is 21.3 Å². The summed E-state index contributed by atoms with van der Waals surface area (Å²) >= 11 is 0. The molecule has 6 nitrogen and oxygen atoms in total. The predicted octanol–water partition coefficient (Wildman–Crippen LogP) is 1.65. The van der Waals surface area contributed by atoms with Gasteiger partial charge in [0.25, 0.3) is 5.91 Å². The van der Waals surface area contributed by atoms with Gasteiger partial charge in [-0.1, -0.05) is 18.2 Å². The average molecular weight is 378 g/mol. The predicted molar refractivity (Wildman–Crippen MR) is 94.3 cm³/mol. The Morgan fingerprint density at radius 3 is 2.38 bits per heavy atom. The lowest BCUT2D eigenvalue weighted by Gasteiger charge is -2.34. The molecule has 0 unspecified atom stereocenters. The molecule has 1 aromatic heterocycles. The molecular formula is C18H19FN2O4S. The van der Waals surface area contributed by atoms with Crippen molar-refractivity contribution in [3.05, 3.63) is 59.8 Å². The summed E-state index contributed by atoms with van der Waals surface area (Å²) in [6, 6.07) is 9.37. The minimum Gasteiger partial charge on any atom is -0.459 e. The number of carbonyl (C=O) groups excluding carboxylic acids is 2. The summed E-state index contributed by atoms with van der Waals surface area (Å²) in [5, 5.41) is 0. The fraction of sp³-hybridized carbons (Fsp3) is 0.333. The maximum absolute atomic E-state index is 13.6. The summed E-state index contributed by atoms with van der Waals surface area (Å²) in [5.41, 5.74) is 0.340. The third kappa shape index (κ3) is 4.37. The highest BCUT2D eigenvalue weighted by Crippen LogP contribution is 2.12. The van der Waals surface area contributed by atoms with E-state index in [1.165, 1.54) is 12.3 Å². The Labute approximate surface area is 153 Å². The molecule has 1 fully saturated rings. The highest BCUT2D eigenvalue weighted by molar-refractivity contribution is 7.84. The molecule has 8 heteroatoms. The van der Waals surface area contributed by atoms with Gasteiger partial charge < -0.3 is 14.2 Å². The second-order valence-corrected chi connectivity index (χ2v) is 7.43. The molecular weight excluding hydrogens is 359 g/mol. The van der Waals surface area contributed by atoms with Crippen LogP contribution in [-0.4, -0.2) is 57.8 Å². The van der Waals surface area contributed by atoms with E-state index >= 15 is 0 Å². The van der Waals surface area contributed by atoms with Gasteiger partial charge in [-0.05, 0) is 18.2 Å². The highest BCUT2D eigenvalue weighted by Gasteiger charge is 2.26. The van der Waals surface area contributed by atoms with Crippen LogP contribution >= 0.6 is 0 Å². The minimum atomic E-state index is -1.48. The molecule has 1 aromatic carbocycles. The van der Waals surface area contributed by atoms with Crippen molar-refractivity contribution in [3.8, 4) is 0 Å². The number of hydrogen-bond donors (Lipinski definition) is 0. The molecule has 0 bridgehead atoms. The Hall–Kier alpha value is -2.48. The Morgan fingerprint density at radius 2 is 1.73 bits per heavy atom. The second-order valence-electron chi connectivity index (χ2n) is 5.97. The van der Waals surface area contributed by atoms with Crippen LogP contribution in [0.3, 0.4) is 0 Å². The van der Waals surface area contributed by atoms with Crippen LogP contribution in [0.25, 0.3) is 0 Å². The SMILES string of the molecule is O=C(C[S@](=O)Cc1ccccc1F)N1CCN(C(=O)c2ccco2)CC1. The molecule has 2 heterocycles. The fourth-order valence-corrected chi connectivity index (χ4v) is 3.93. The molecule has 0 spiro atoms. The summed E-state index contributed by atoms with van der Waals surface area (Å²) in [4.78, 5) is 27.7. The molecule has 1 atom stereocenters. The summed E-state index contributed by atoms with van der Waals surface area (Å²) in [5.74, 6) is -0.736. The number of amides is 2. The van der Waals surface area contributed by atoms with Crippen LogP contribution in [0.2, 0.25) is 0 Å². The molecule has 0 radical (unpaired) electrons. The van der Waals surface area contributed by atoms with E-state index in [4.69, 9.17) is 4.42 Å². The van der Waals surface area contributed by atoms with Crippen LogP contribution in [0.5, 0.6) is 0 Å². The first-order chi connectivity index (χ1) is 12.5.